The summed E-state index contributed by atoms with van der Waals surface area (Å²) in [6, 6.07) is 13.8. The molecule has 1 heterocycles. The number of carbonyl (C=O) groups is 2. The Morgan fingerprint density at radius 3 is 2.30 bits per heavy atom. The van der Waals surface area contributed by atoms with Crippen molar-refractivity contribution >= 4 is 34.7 Å². The van der Waals surface area contributed by atoms with Crippen LogP contribution in [0.15, 0.2) is 53.6 Å². The Balaban J connectivity index is 1.97. The van der Waals surface area contributed by atoms with E-state index in [-0.39, 0.29) is 16.7 Å². The standard InChI is InChI=1S/C21H20ClNO4/c1-4-26-15-11-9-14(10-12-15)18-19(22)21(25)23(20(18)24)16-7-5-6-8-17(16)27-13(2)3/h5-13H,4H2,1-3H3. The normalized spacial score (nSPS) is 14.3. The minimum Gasteiger partial charge on any atom is -0.494 e. The van der Waals surface area contributed by atoms with Gasteiger partial charge in [0.25, 0.3) is 11.8 Å². The van der Waals surface area contributed by atoms with Crippen LogP contribution in [0.2, 0.25) is 0 Å². The molecule has 2 aromatic rings. The fraction of sp³-hybridized carbons (Fsp3) is 0.238. The van der Waals surface area contributed by atoms with Crippen LogP contribution in [-0.2, 0) is 9.59 Å². The number of benzene rings is 2. The van der Waals surface area contributed by atoms with Gasteiger partial charge in [0.2, 0.25) is 0 Å². The molecule has 0 aromatic heterocycles. The van der Waals surface area contributed by atoms with Gasteiger partial charge in [-0.05, 0) is 50.6 Å². The molecule has 0 spiro atoms. The van der Waals surface area contributed by atoms with Crippen LogP contribution in [-0.4, -0.2) is 24.5 Å². The SMILES string of the molecule is CCOc1ccc(C2=C(Cl)C(=O)N(c3ccccc3OC(C)C)C2=O)cc1. The van der Waals surface area contributed by atoms with Crippen LogP contribution in [0.1, 0.15) is 26.3 Å². The number of carbonyl (C=O) groups excluding carboxylic acids is 2. The number of ether oxygens (including phenoxy) is 2. The Labute approximate surface area is 163 Å². The average molecular weight is 386 g/mol. The van der Waals surface area contributed by atoms with Crippen LogP contribution in [0.5, 0.6) is 11.5 Å². The molecule has 0 atom stereocenters. The van der Waals surface area contributed by atoms with Gasteiger partial charge in [-0.25, -0.2) is 4.90 Å². The lowest BCUT2D eigenvalue weighted by molar-refractivity contribution is -0.119. The van der Waals surface area contributed by atoms with Crippen molar-refractivity contribution in [2.24, 2.45) is 0 Å². The van der Waals surface area contributed by atoms with Crippen LogP contribution in [0.4, 0.5) is 5.69 Å². The number of hydrogen-bond donors (Lipinski definition) is 0. The molecule has 0 unspecified atom stereocenters. The third kappa shape index (κ3) is 3.69. The zero-order chi connectivity index (χ0) is 19.6. The Morgan fingerprint density at radius 2 is 1.67 bits per heavy atom. The summed E-state index contributed by atoms with van der Waals surface area (Å²) < 4.78 is 11.2. The number of para-hydroxylation sites is 2. The van der Waals surface area contributed by atoms with E-state index in [0.717, 1.165) is 4.90 Å². The predicted octanol–water partition coefficient (Wildman–Crippen LogP) is 4.40. The minimum atomic E-state index is -0.564. The first kappa shape index (κ1) is 19.0. The van der Waals surface area contributed by atoms with Gasteiger partial charge in [0.1, 0.15) is 16.5 Å². The molecular formula is C21H20ClNO4. The van der Waals surface area contributed by atoms with E-state index >= 15 is 0 Å². The molecule has 1 aliphatic heterocycles. The van der Waals surface area contributed by atoms with Crippen molar-refractivity contribution in [3.05, 3.63) is 59.1 Å². The van der Waals surface area contributed by atoms with Gasteiger partial charge in [-0.1, -0.05) is 35.9 Å². The van der Waals surface area contributed by atoms with Crippen molar-refractivity contribution in [2.75, 3.05) is 11.5 Å². The summed E-state index contributed by atoms with van der Waals surface area (Å²) in [6.45, 7) is 6.18. The first-order valence-corrected chi connectivity index (χ1v) is 9.09. The number of rotatable bonds is 6. The van der Waals surface area contributed by atoms with Gasteiger partial charge in [-0.3, -0.25) is 9.59 Å². The van der Waals surface area contributed by atoms with E-state index in [4.69, 9.17) is 21.1 Å². The highest BCUT2D eigenvalue weighted by atomic mass is 35.5. The Kier molecular flexibility index (Phi) is 5.51. The van der Waals surface area contributed by atoms with Crippen LogP contribution in [0.3, 0.4) is 0 Å². The van der Waals surface area contributed by atoms with E-state index in [2.05, 4.69) is 0 Å². The van der Waals surface area contributed by atoms with Crippen molar-refractivity contribution < 1.29 is 19.1 Å². The average Bonchev–Trinajstić information content (AvgIpc) is 2.86. The summed E-state index contributed by atoms with van der Waals surface area (Å²) in [6.07, 6.45) is -0.104. The van der Waals surface area contributed by atoms with E-state index in [1.165, 1.54) is 0 Å². The largest absolute Gasteiger partial charge is 0.494 e. The van der Waals surface area contributed by atoms with E-state index < -0.39 is 11.8 Å². The van der Waals surface area contributed by atoms with Crippen LogP contribution in [0.25, 0.3) is 5.57 Å². The molecule has 0 N–H and O–H groups in total. The molecule has 0 bridgehead atoms. The fourth-order valence-electron chi connectivity index (χ4n) is 2.85. The van der Waals surface area contributed by atoms with E-state index in [9.17, 15) is 9.59 Å². The maximum Gasteiger partial charge on any atom is 0.277 e. The number of amides is 2. The predicted molar refractivity (Wildman–Crippen MR) is 105 cm³/mol. The molecule has 27 heavy (non-hydrogen) atoms. The third-order valence-corrected chi connectivity index (χ3v) is 4.30. The number of nitrogens with zero attached hydrogens (tertiary/aromatic N) is 1. The highest BCUT2D eigenvalue weighted by Crippen LogP contribution is 2.39. The molecule has 3 rings (SSSR count). The molecule has 2 aromatic carbocycles. The van der Waals surface area contributed by atoms with Gasteiger partial charge in [0, 0.05) is 0 Å². The maximum absolute atomic E-state index is 13.1. The molecule has 0 fully saturated rings. The molecule has 0 aliphatic carbocycles. The van der Waals surface area contributed by atoms with Crippen molar-refractivity contribution in [1.29, 1.82) is 0 Å². The molecule has 2 amide bonds. The summed E-state index contributed by atoms with van der Waals surface area (Å²) in [5.41, 5.74) is 1.11. The van der Waals surface area contributed by atoms with Crippen LogP contribution in [0, 0.1) is 0 Å². The van der Waals surface area contributed by atoms with Gasteiger partial charge in [0.05, 0.1) is 24.0 Å². The van der Waals surface area contributed by atoms with Gasteiger partial charge >= 0.3 is 0 Å². The molecule has 6 heteroatoms. The van der Waals surface area contributed by atoms with E-state index in [1.54, 1.807) is 48.5 Å². The lowest BCUT2D eigenvalue weighted by atomic mass is 10.1. The van der Waals surface area contributed by atoms with Crippen molar-refractivity contribution in [3.8, 4) is 11.5 Å². The number of halogens is 1. The van der Waals surface area contributed by atoms with Crippen molar-refractivity contribution in [3.63, 3.8) is 0 Å². The quantitative estimate of drug-likeness (QED) is 0.692. The Hall–Kier alpha value is -2.79. The fourth-order valence-corrected chi connectivity index (χ4v) is 3.13. The topological polar surface area (TPSA) is 55.8 Å². The lowest BCUT2D eigenvalue weighted by Gasteiger charge is -2.20. The molecule has 5 nitrogen and oxygen atoms in total. The highest BCUT2D eigenvalue weighted by Gasteiger charge is 2.40. The molecule has 140 valence electrons. The smallest absolute Gasteiger partial charge is 0.277 e. The van der Waals surface area contributed by atoms with Gasteiger partial charge in [0.15, 0.2) is 0 Å². The summed E-state index contributed by atoms with van der Waals surface area (Å²) in [5.74, 6) is 0.0909. The third-order valence-electron chi connectivity index (χ3n) is 3.95. The van der Waals surface area contributed by atoms with Gasteiger partial charge < -0.3 is 9.47 Å². The Bertz CT molecular complexity index is 903. The van der Waals surface area contributed by atoms with Crippen LogP contribution >= 0.6 is 11.6 Å². The second-order valence-corrected chi connectivity index (χ2v) is 6.60. The summed E-state index contributed by atoms with van der Waals surface area (Å²) in [7, 11) is 0. The van der Waals surface area contributed by atoms with Crippen LogP contribution < -0.4 is 14.4 Å². The zero-order valence-electron chi connectivity index (χ0n) is 15.4. The highest BCUT2D eigenvalue weighted by molar-refractivity contribution is 6.60. The molecule has 0 saturated heterocycles. The minimum absolute atomic E-state index is 0.104. The number of anilines is 1. The summed E-state index contributed by atoms with van der Waals surface area (Å²) >= 11 is 6.26. The van der Waals surface area contributed by atoms with Gasteiger partial charge in [-0.15, -0.1) is 0 Å². The maximum atomic E-state index is 13.1. The second kappa shape index (κ2) is 7.84. The first-order chi connectivity index (χ1) is 12.9. The molecular weight excluding hydrogens is 366 g/mol. The second-order valence-electron chi connectivity index (χ2n) is 6.23. The summed E-state index contributed by atoms with van der Waals surface area (Å²) in [4.78, 5) is 26.9. The lowest BCUT2D eigenvalue weighted by Crippen LogP contribution is -2.31. The van der Waals surface area contributed by atoms with Crippen molar-refractivity contribution in [1.82, 2.24) is 0 Å². The molecule has 0 radical (unpaired) electrons. The molecule has 0 saturated carbocycles. The molecule has 1 aliphatic rings. The first-order valence-electron chi connectivity index (χ1n) is 8.71. The number of imide groups is 1. The van der Waals surface area contributed by atoms with Crippen molar-refractivity contribution in [2.45, 2.75) is 26.9 Å². The van der Waals surface area contributed by atoms with E-state index in [1.807, 2.05) is 20.8 Å². The monoisotopic (exact) mass is 385 g/mol. The van der Waals surface area contributed by atoms with Gasteiger partial charge in [-0.2, -0.15) is 0 Å². The number of hydrogen-bond acceptors (Lipinski definition) is 4. The zero-order valence-corrected chi connectivity index (χ0v) is 16.1. The van der Waals surface area contributed by atoms with E-state index in [0.29, 0.717) is 29.4 Å². The Morgan fingerprint density at radius 1 is 1.00 bits per heavy atom. The summed E-state index contributed by atoms with van der Waals surface area (Å²) in [5, 5.41) is -0.108.